The topological polar surface area (TPSA) is 86.8 Å². The number of amides is 2. The Morgan fingerprint density at radius 2 is 1.68 bits per heavy atom. The molecule has 0 radical (unpaired) electrons. The van der Waals surface area contributed by atoms with Gasteiger partial charge in [0.15, 0.2) is 0 Å². The van der Waals surface area contributed by atoms with Crippen molar-refractivity contribution in [2.45, 2.75) is 45.8 Å². The highest BCUT2D eigenvalue weighted by molar-refractivity contribution is 7.92. The van der Waals surface area contributed by atoms with Gasteiger partial charge in [-0.2, -0.15) is 0 Å². The monoisotopic (exact) mass is 547 g/mol. The van der Waals surface area contributed by atoms with Crippen LogP contribution in [0.5, 0.6) is 0 Å². The summed E-state index contributed by atoms with van der Waals surface area (Å²) in [5.74, 6) is -0.940. The first kappa shape index (κ1) is 28.2. The Kier molecular flexibility index (Phi) is 10.1. The summed E-state index contributed by atoms with van der Waals surface area (Å²) in [6.45, 7) is 4.87. The minimum Gasteiger partial charge on any atom is -0.352 e. The number of carbonyl (C=O) groups excluding carboxylic acids is 2. The molecule has 0 saturated carbocycles. The number of benzene rings is 2. The van der Waals surface area contributed by atoms with Crippen LogP contribution in [0.2, 0.25) is 15.1 Å². The van der Waals surface area contributed by atoms with E-state index in [0.717, 1.165) is 17.0 Å². The summed E-state index contributed by atoms with van der Waals surface area (Å²) in [5, 5.41) is 3.72. The Balaban J connectivity index is 2.43. The van der Waals surface area contributed by atoms with E-state index in [2.05, 4.69) is 5.32 Å². The highest BCUT2D eigenvalue weighted by atomic mass is 35.5. The molecule has 0 aliphatic rings. The second-order valence-corrected chi connectivity index (χ2v) is 11.2. The smallest absolute Gasteiger partial charge is 0.244 e. The lowest BCUT2D eigenvalue weighted by Gasteiger charge is -2.32. The van der Waals surface area contributed by atoms with E-state index in [9.17, 15) is 18.0 Å². The molecule has 1 N–H and O–H groups in total. The van der Waals surface area contributed by atoms with E-state index in [1.54, 1.807) is 31.2 Å². The normalized spacial score (nSPS) is 13.1. The predicted molar refractivity (Wildman–Crippen MR) is 138 cm³/mol. The summed E-state index contributed by atoms with van der Waals surface area (Å²) in [7, 11) is -3.91. The van der Waals surface area contributed by atoms with E-state index >= 15 is 0 Å². The van der Waals surface area contributed by atoms with Gasteiger partial charge in [-0.05, 0) is 56.2 Å². The quantitative estimate of drug-likeness (QED) is 0.464. The third-order valence-electron chi connectivity index (χ3n) is 5.27. The molecule has 0 aromatic heterocycles. The molecule has 7 nitrogen and oxygen atoms in total. The summed E-state index contributed by atoms with van der Waals surface area (Å²) in [6, 6.07) is 10.3. The lowest BCUT2D eigenvalue weighted by molar-refractivity contribution is -0.139. The van der Waals surface area contributed by atoms with E-state index in [1.165, 1.54) is 23.1 Å². The van der Waals surface area contributed by atoms with Crippen molar-refractivity contribution >= 4 is 62.3 Å². The van der Waals surface area contributed by atoms with Crippen LogP contribution in [0.15, 0.2) is 42.5 Å². The fraction of sp³-hybridized carbons (Fsp3) is 0.391. The number of sulfonamides is 1. The van der Waals surface area contributed by atoms with Crippen LogP contribution in [0.1, 0.15) is 32.8 Å². The van der Waals surface area contributed by atoms with Crippen molar-refractivity contribution in [3.8, 4) is 0 Å². The molecule has 2 rings (SSSR count). The van der Waals surface area contributed by atoms with Crippen LogP contribution in [0, 0.1) is 0 Å². The standard InChI is InChI=1S/C23H28Cl3N3O4S/c1-5-15(2)27-23(31)16(3)28(13-17-7-6-8-18(24)11-17)22(30)14-29(34(4,32)33)21-12-19(25)9-10-20(21)26/h6-12,15-16H,5,13-14H2,1-4H3,(H,27,31)/t15-,16-/m1/s1. The molecule has 0 bridgehead atoms. The van der Waals surface area contributed by atoms with Crippen molar-refractivity contribution in [2.24, 2.45) is 0 Å². The van der Waals surface area contributed by atoms with Gasteiger partial charge in [0.25, 0.3) is 0 Å². The van der Waals surface area contributed by atoms with Crippen molar-refractivity contribution in [1.82, 2.24) is 10.2 Å². The van der Waals surface area contributed by atoms with Crippen LogP contribution >= 0.6 is 34.8 Å². The lowest BCUT2D eigenvalue weighted by atomic mass is 10.1. The molecule has 2 atom stereocenters. The van der Waals surface area contributed by atoms with Crippen LogP contribution in [-0.2, 0) is 26.2 Å². The summed E-state index contributed by atoms with van der Waals surface area (Å²) >= 11 is 18.4. The number of rotatable bonds is 10. The summed E-state index contributed by atoms with van der Waals surface area (Å²) in [6.07, 6.45) is 1.69. The zero-order valence-electron chi connectivity index (χ0n) is 19.4. The van der Waals surface area contributed by atoms with Crippen molar-refractivity contribution in [2.75, 3.05) is 17.1 Å². The van der Waals surface area contributed by atoms with Crippen molar-refractivity contribution < 1.29 is 18.0 Å². The highest BCUT2D eigenvalue weighted by Crippen LogP contribution is 2.31. The first-order valence-electron chi connectivity index (χ1n) is 10.6. The van der Waals surface area contributed by atoms with Gasteiger partial charge in [-0.15, -0.1) is 0 Å². The van der Waals surface area contributed by atoms with E-state index in [-0.39, 0.29) is 34.2 Å². The van der Waals surface area contributed by atoms with Crippen LogP contribution in [0.4, 0.5) is 5.69 Å². The molecule has 2 amide bonds. The zero-order valence-corrected chi connectivity index (χ0v) is 22.5. The van der Waals surface area contributed by atoms with Gasteiger partial charge < -0.3 is 10.2 Å². The molecule has 0 heterocycles. The Labute approximate surface area is 216 Å². The van der Waals surface area contributed by atoms with Crippen molar-refractivity contribution in [3.63, 3.8) is 0 Å². The second kappa shape index (κ2) is 12.1. The van der Waals surface area contributed by atoms with E-state index in [1.807, 2.05) is 13.8 Å². The second-order valence-electron chi connectivity index (χ2n) is 8.01. The van der Waals surface area contributed by atoms with Crippen LogP contribution in [0.25, 0.3) is 0 Å². The molecule has 0 aliphatic carbocycles. The van der Waals surface area contributed by atoms with E-state index in [4.69, 9.17) is 34.8 Å². The number of carbonyl (C=O) groups is 2. The van der Waals surface area contributed by atoms with Gasteiger partial charge in [0.1, 0.15) is 12.6 Å². The van der Waals surface area contributed by atoms with Crippen LogP contribution in [-0.4, -0.2) is 50.0 Å². The molecule has 34 heavy (non-hydrogen) atoms. The summed E-state index contributed by atoms with van der Waals surface area (Å²) < 4.78 is 26.1. The number of nitrogens with zero attached hydrogens (tertiary/aromatic N) is 2. The minimum atomic E-state index is -3.91. The maximum absolute atomic E-state index is 13.5. The van der Waals surface area contributed by atoms with Gasteiger partial charge in [0.2, 0.25) is 21.8 Å². The molecule has 2 aromatic carbocycles. The van der Waals surface area contributed by atoms with Gasteiger partial charge in [-0.1, -0.05) is 53.9 Å². The highest BCUT2D eigenvalue weighted by Gasteiger charge is 2.31. The first-order valence-corrected chi connectivity index (χ1v) is 13.6. The molecule has 0 unspecified atom stereocenters. The number of hydrogen-bond acceptors (Lipinski definition) is 4. The minimum absolute atomic E-state index is 0.0510. The summed E-state index contributed by atoms with van der Waals surface area (Å²) in [4.78, 5) is 27.7. The third kappa shape index (κ3) is 7.77. The van der Waals surface area contributed by atoms with Gasteiger partial charge in [0.05, 0.1) is 17.0 Å². The Bertz CT molecular complexity index is 1140. The molecular weight excluding hydrogens is 521 g/mol. The van der Waals surface area contributed by atoms with Gasteiger partial charge >= 0.3 is 0 Å². The molecule has 0 fully saturated rings. The van der Waals surface area contributed by atoms with Crippen molar-refractivity contribution in [1.29, 1.82) is 0 Å². The Hall–Kier alpha value is -2.00. The number of nitrogens with one attached hydrogen (secondary N) is 1. The van der Waals surface area contributed by atoms with Gasteiger partial charge in [0, 0.05) is 22.6 Å². The first-order chi connectivity index (χ1) is 15.8. The fourth-order valence-corrected chi connectivity index (χ4v) is 4.65. The Morgan fingerprint density at radius 1 is 1.03 bits per heavy atom. The van der Waals surface area contributed by atoms with E-state index in [0.29, 0.717) is 10.6 Å². The zero-order chi connectivity index (χ0) is 25.6. The van der Waals surface area contributed by atoms with E-state index < -0.39 is 28.5 Å². The third-order valence-corrected chi connectivity index (χ3v) is 7.18. The molecule has 11 heteroatoms. The van der Waals surface area contributed by atoms with Crippen LogP contribution in [0.3, 0.4) is 0 Å². The van der Waals surface area contributed by atoms with Crippen molar-refractivity contribution in [3.05, 3.63) is 63.1 Å². The fourth-order valence-electron chi connectivity index (χ4n) is 3.15. The van der Waals surface area contributed by atoms with Gasteiger partial charge in [-0.3, -0.25) is 13.9 Å². The predicted octanol–water partition coefficient (Wildman–Crippen LogP) is 4.74. The maximum atomic E-state index is 13.5. The number of halogens is 3. The molecule has 0 saturated heterocycles. The van der Waals surface area contributed by atoms with Gasteiger partial charge in [-0.25, -0.2) is 8.42 Å². The molecular formula is C23H28Cl3N3O4S. The largest absolute Gasteiger partial charge is 0.352 e. The lowest BCUT2D eigenvalue weighted by Crippen LogP contribution is -2.52. The molecule has 0 spiro atoms. The molecule has 186 valence electrons. The number of hydrogen-bond donors (Lipinski definition) is 1. The molecule has 2 aromatic rings. The Morgan fingerprint density at radius 3 is 2.26 bits per heavy atom. The maximum Gasteiger partial charge on any atom is 0.244 e. The number of anilines is 1. The molecule has 0 aliphatic heterocycles. The average molecular weight is 549 g/mol. The summed E-state index contributed by atoms with van der Waals surface area (Å²) in [5.41, 5.74) is 0.764. The SMILES string of the molecule is CC[C@@H](C)NC(=O)[C@@H](C)N(Cc1cccc(Cl)c1)C(=O)CN(c1cc(Cl)ccc1Cl)S(C)(=O)=O. The van der Waals surface area contributed by atoms with Crippen LogP contribution < -0.4 is 9.62 Å². The average Bonchev–Trinajstić information content (AvgIpc) is 2.76.